The Morgan fingerprint density at radius 2 is 2.04 bits per heavy atom. The Morgan fingerprint density at radius 3 is 2.69 bits per heavy atom. The van der Waals surface area contributed by atoms with Gasteiger partial charge in [0.1, 0.15) is 11.3 Å². The number of hydrogen-bond acceptors (Lipinski definition) is 7. The standard InChI is InChI=1S/C15H12ClN3O7/c16-9-3-4-12(19(23)24)11(6-9)14(21)26-8-13(20)18-15(22)17-7-10-2-1-5-25-10/h1-6H,7-8H2,(H2,17,18,20,22). The van der Waals surface area contributed by atoms with Crippen molar-refractivity contribution in [3.63, 3.8) is 0 Å². The zero-order chi connectivity index (χ0) is 19.1. The Kier molecular flexibility index (Phi) is 6.28. The SMILES string of the molecule is O=C(COC(=O)c1cc(Cl)ccc1[N+](=O)[O-])NC(=O)NCc1ccco1. The first-order chi connectivity index (χ1) is 12.4. The highest BCUT2D eigenvalue weighted by molar-refractivity contribution is 6.31. The summed E-state index contributed by atoms with van der Waals surface area (Å²) in [6.07, 6.45) is 1.43. The van der Waals surface area contributed by atoms with Gasteiger partial charge in [-0.25, -0.2) is 9.59 Å². The number of ether oxygens (including phenoxy) is 1. The molecule has 0 saturated carbocycles. The molecule has 2 rings (SSSR count). The molecule has 0 unspecified atom stereocenters. The zero-order valence-corrected chi connectivity index (χ0v) is 13.8. The van der Waals surface area contributed by atoms with Gasteiger partial charge in [0.2, 0.25) is 0 Å². The highest BCUT2D eigenvalue weighted by Crippen LogP contribution is 2.23. The first-order valence-corrected chi connectivity index (χ1v) is 7.45. The van der Waals surface area contributed by atoms with Crippen molar-refractivity contribution in [1.82, 2.24) is 10.6 Å². The van der Waals surface area contributed by atoms with Crippen LogP contribution in [0.25, 0.3) is 0 Å². The molecular weight excluding hydrogens is 370 g/mol. The van der Waals surface area contributed by atoms with E-state index in [9.17, 15) is 24.5 Å². The van der Waals surface area contributed by atoms with Gasteiger partial charge in [-0.15, -0.1) is 0 Å². The topological polar surface area (TPSA) is 141 Å². The molecule has 0 fully saturated rings. The summed E-state index contributed by atoms with van der Waals surface area (Å²) in [7, 11) is 0. The first-order valence-electron chi connectivity index (χ1n) is 7.08. The summed E-state index contributed by atoms with van der Waals surface area (Å²) in [5.74, 6) is -1.56. The predicted molar refractivity (Wildman–Crippen MR) is 87.5 cm³/mol. The quantitative estimate of drug-likeness (QED) is 0.443. The molecule has 0 radical (unpaired) electrons. The third-order valence-electron chi connectivity index (χ3n) is 2.97. The molecule has 0 aliphatic carbocycles. The average Bonchev–Trinajstić information content (AvgIpc) is 3.11. The number of esters is 1. The first kappa shape index (κ1) is 18.9. The van der Waals surface area contributed by atoms with E-state index >= 15 is 0 Å². The molecule has 0 bridgehead atoms. The molecule has 2 aromatic rings. The van der Waals surface area contributed by atoms with Crippen LogP contribution in [0.5, 0.6) is 0 Å². The van der Waals surface area contributed by atoms with Gasteiger partial charge in [0.15, 0.2) is 6.61 Å². The fourth-order valence-corrected chi connectivity index (χ4v) is 2.00. The van der Waals surface area contributed by atoms with E-state index in [0.717, 1.165) is 12.1 Å². The van der Waals surface area contributed by atoms with Crippen LogP contribution in [0.3, 0.4) is 0 Å². The molecule has 136 valence electrons. The molecule has 26 heavy (non-hydrogen) atoms. The monoisotopic (exact) mass is 381 g/mol. The fourth-order valence-electron chi connectivity index (χ4n) is 1.83. The Morgan fingerprint density at radius 1 is 1.27 bits per heavy atom. The van der Waals surface area contributed by atoms with Gasteiger partial charge in [-0.1, -0.05) is 11.6 Å². The molecule has 2 N–H and O–H groups in total. The summed E-state index contributed by atoms with van der Waals surface area (Å²) in [5.41, 5.74) is -0.923. The summed E-state index contributed by atoms with van der Waals surface area (Å²) in [4.78, 5) is 45.2. The number of hydrogen-bond donors (Lipinski definition) is 2. The summed E-state index contributed by atoms with van der Waals surface area (Å²) < 4.78 is 9.67. The van der Waals surface area contributed by atoms with Crippen molar-refractivity contribution >= 4 is 35.2 Å². The third-order valence-corrected chi connectivity index (χ3v) is 3.20. The fraction of sp³-hybridized carbons (Fsp3) is 0.133. The van der Waals surface area contributed by atoms with E-state index in [-0.39, 0.29) is 11.6 Å². The molecular formula is C15H12ClN3O7. The van der Waals surface area contributed by atoms with Gasteiger partial charge in [-0.3, -0.25) is 20.2 Å². The van der Waals surface area contributed by atoms with Crippen molar-refractivity contribution < 1.29 is 28.5 Å². The van der Waals surface area contributed by atoms with E-state index in [4.69, 9.17) is 16.0 Å². The number of imide groups is 1. The number of nitro groups is 1. The van der Waals surface area contributed by atoms with Gasteiger partial charge < -0.3 is 14.5 Å². The number of benzene rings is 1. The summed E-state index contributed by atoms with van der Waals surface area (Å²) in [6.45, 7) is -0.753. The van der Waals surface area contributed by atoms with Crippen LogP contribution in [0.2, 0.25) is 5.02 Å². The molecule has 1 heterocycles. The molecule has 0 aliphatic heterocycles. The van der Waals surface area contributed by atoms with E-state index < -0.39 is 40.7 Å². The number of nitrogens with zero attached hydrogens (tertiary/aromatic N) is 1. The van der Waals surface area contributed by atoms with E-state index in [1.54, 1.807) is 12.1 Å². The summed E-state index contributed by atoms with van der Waals surface area (Å²) in [5, 5.41) is 15.3. The van der Waals surface area contributed by atoms with Gasteiger partial charge in [0.05, 0.1) is 17.7 Å². The number of carbonyl (C=O) groups is 3. The second-order valence-electron chi connectivity index (χ2n) is 4.80. The van der Waals surface area contributed by atoms with Crippen LogP contribution >= 0.6 is 11.6 Å². The van der Waals surface area contributed by atoms with E-state index in [2.05, 4.69) is 10.1 Å². The van der Waals surface area contributed by atoms with E-state index in [1.807, 2.05) is 5.32 Å². The Hall–Kier alpha value is -3.40. The lowest BCUT2D eigenvalue weighted by molar-refractivity contribution is -0.385. The van der Waals surface area contributed by atoms with Crippen LogP contribution in [0.4, 0.5) is 10.5 Å². The van der Waals surface area contributed by atoms with E-state index in [0.29, 0.717) is 5.76 Å². The lowest BCUT2D eigenvalue weighted by Crippen LogP contribution is -2.41. The minimum Gasteiger partial charge on any atom is -0.467 e. The third kappa shape index (κ3) is 5.31. The highest BCUT2D eigenvalue weighted by Gasteiger charge is 2.22. The number of rotatable bonds is 6. The molecule has 0 atom stereocenters. The van der Waals surface area contributed by atoms with Gasteiger partial charge in [0.25, 0.3) is 11.6 Å². The summed E-state index contributed by atoms with van der Waals surface area (Å²) in [6, 6.07) is 5.77. The van der Waals surface area contributed by atoms with Crippen LogP contribution in [0.1, 0.15) is 16.1 Å². The lowest BCUT2D eigenvalue weighted by atomic mass is 10.2. The smallest absolute Gasteiger partial charge is 0.345 e. The van der Waals surface area contributed by atoms with Crippen molar-refractivity contribution in [2.24, 2.45) is 0 Å². The van der Waals surface area contributed by atoms with Crippen molar-refractivity contribution in [2.75, 3.05) is 6.61 Å². The number of nitrogens with one attached hydrogen (secondary N) is 2. The number of nitro benzene ring substituents is 1. The van der Waals surface area contributed by atoms with Crippen molar-refractivity contribution in [1.29, 1.82) is 0 Å². The van der Waals surface area contributed by atoms with E-state index in [1.165, 1.54) is 12.3 Å². The Labute approximate surface area is 151 Å². The summed E-state index contributed by atoms with van der Waals surface area (Å²) >= 11 is 5.70. The maximum atomic E-state index is 11.9. The number of amides is 3. The molecule has 0 spiro atoms. The number of furan rings is 1. The van der Waals surface area contributed by atoms with Crippen LogP contribution in [-0.4, -0.2) is 29.4 Å². The normalized spacial score (nSPS) is 10.0. The average molecular weight is 382 g/mol. The van der Waals surface area contributed by atoms with Crippen molar-refractivity contribution in [2.45, 2.75) is 6.54 Å². The Bertz CT molecular complexity index is 836. The highest BCUT2D eigenvalue weighted by atomic mass is 35.5. The number of carbonyl (C=O) groups excluding carboxylic acids is 3. The molecule has 10 nitrogen and oxygen atoms in total. The van der Waals surface area contributed by atoms with Crippen LogP contribution < -0.4 is 10.6 Å². The minimum atomic E-state index is -1.12. The number of urea groups is 1. The molecule has 3 amide bonds. The number of halogens is 1. The van der Waals surface area contributed by atoms with Crippen LogP contribution in [0.15, 0.2) is 41.0 Å². The maximum absolute atomic E-state index is 11.9. The maximum Gasteiger partial charge on any atom is 0.345 e. The Balaban J connectivity index is 1.85. The van der Waals surface area contributed by atoms with Gasteiger partial charge >= 0.3 is 12.0 Å². The van der Waals surface area contributed by atoms with Gasteiger partial charge in [0, 0.05) is 11.1 Å². The predicted octanol–water partition coefficient (Wildman–Crippen LogP) is 2.02. The second kappa shape index (κ2) is 8.62. The minimum absolute atomic E-state index is 0.0562. The molecule has 11 heteroatoms. The molecule has 1 aromatic heterocycles. The van der Waals surface area contributed by atoms with Crippen LogP contribution in [0, 0.1) is 10.1 Å². The van der Waals surface area contributed by atoms with Gasteiger partial charge in [-0.05, 0) is 24.3 Å². The van der Waals surface area contributed by atoms with Crippen molar-refractivity contribution in [3.05, 3.63) is 63.1 Å². The molecule has 0 aliphatic rings. The lowest BCUT2D eigenvalue weighted by Gasteiger charge is -2.07. The van der Waals surface area contributed by atoms with Gasteiger partial charge in [-0.2, -0.15) is 0 Å². The molecule has 1 aromatic carbocycles. The molecule has 0 saturated heterocycles. The zero-order valence-electron chi connectivity index (χ0n) is 13.1. The largest absolute Gasteiger partial charge is 0.467 e. The van der Waals surface area contributed by atoms with Crippen LogP contribution in [-0.2, 0) is 16.1 Å². The van der Waals surface area contributed by atoms with Crippen molar-refractivity contribution in [3.8, 4) is 0 Å². The second-order valence-corrected chi connectivity index (χ2v) is 5.24.